The molecule has 2 aromatic rings. The van der Waals surface area contributed by atoms with Gasteiger partial charge in [0.1, 0.15) is 5.03 Å². The Balaban J connectivity index is 2.30. The summed E-state index contributed by atoms with van der Waals surface area (Å²) in [6.07, 6.45) is 0. The number of hydrogen-bond acceptors (Lipinski definition) is 2. The summed E-state index contributed by atoms with van der Waals surface area (Å²) in [7, 11) is 0. The van der Waals surface area contributed by atoms with Crippen molar-refractivity contribution in [3.8, 4) is 0 Å². The van der Waals surface area contributed by atoms with E-state index in [2.05, 4.69) is 0 Å². The second-order valence-corrected chi connectivity index (χ2v) is 8.76. The second-order valence-electron chi connectivity index (χ2n) is 7.38. The summed E-state index contributed by atoms with van der Waals surface area (Å²) < 4.78 is 0. The molecule has 1 heterocycles. The zero-order chi connectivity index (χ0) is 20.0. The summed E-state index contributed by atoms with van der Waals surface area (Å²) in [5, 5.41) is 0.489. The maximum atomic E-state index is 13.6. The number of carbonyl (C=O) groups is 2. The molecular weight excluding hydrogens is 405 g/mol. The van der Waals surface area contributed by atoms with E-state index < -0.39 is 22.0 Å². The number of allylic oxidation sites excluding steroid dienone is 2. The molecule has 27 heavy (non-hydrogen) atoms. The molecule has 3 rings (SSSR count). The van der Waals surface area contributed by atoms with Gasteiger partial charge in [-0.2, -0.15) is 0 Å². The van der Waals surface area contributed by atoms with Gasteiger partial charge in [0.2, 0.25) is 10.7 Å². The van der Waals surface area contributed by atoms with Crippen molar-refractivity contribution in [1.82, 2.24) is 0 Å². The van der Waals surface area contributed by atoms with E-state index in [1.807, 2.05) is 20.8 Å². The van der Waals surface area contributed by atoms with Crippen LogP contribution >= 0.6 is 34.8 Å². The Kier molecular flexibility index (Phi) is 5.15. The van der Waals surface area contributed by atoms with E-state index in [1.54, 1.807) is 54.6 Å². The van der Waals surface area contributed by atoms with Crippen molar-refractivity contribution >= 4 is 52.2 Å². The molecule has 1 atom stereocenters. The van der Waals surface area contributed by atoms with Gasteiger partial charge < -0.3 is 0 Å². The van der Waals surface area contributed by atoms with Gasteiger partial charge in [-0.3, -0.25) is 14.5 Å². The molecule has 0 saturated heterocycles. The van der Waals surface area contributed by atoms with Crippen molar-refractivity contribution in [2.45, 2.75) is 25.6 Å². The number of hydrogen-bond donors (Lipinski definition) is 0. The number of alkyl halides is 1. The van der Waals surface area contributed by atoms with E-state index in [0.29, 0.717) is 22.0 Å². The predicted molar refractivity (Wildman–Crippen MR) is 110 cm³/mol. The van der Waals surface area contributed by atoms with Crippen LogP contribution in [0, 0.1) is 5.41 Å². The third-order valence-corrected chi connectivity index (χ3v) is 5.56. The zero-order valence-corrected chi connectivity index (χ0v) is 17.4. The Morgan fingerprint density at radius 1 is 0.889 bits per heavy atom. The van der Waals surface area contributed by atoms with Gasteiger partial charge in [0.25, 0.3) is 5.91 Å². The number of nitrogens with zero attached hydrogens (tertiary/aromatic N) is 1. The van der Waals surface area contributed by atoms with Gasteiger partial charge in [0.15, 0.2) is 0 Å². The van der Waals surface area contributed by atoms with Crippen LogP contribution in [0.3, 0.4) is 0 Å². The number of carbonyl (C=O) groups excluding carboxylic acids is 2. The molecule has 140 valence electrons. The standard InChI is InChI=1S/C21H18Cl3NO2/c1-20(2,3)17-16(23)18(26)21(24,13-7-5-4-6-8-13)19(27)25(17)15-11-9-14(22)10-12-15/h4-12H,1-3H3/t21-/m1/s1. The Bertz CT molecular complexity index is 930. The second kappa shape index (κ2) is 6.97. The lowest BCUT2D eigenvalue weighted by molar-refractivity contribution is -0.129. The minimum Gasteiger partial charge on any atom is -0.290 e. The highest BCUT2D eigenvalue weighted by Gasteiger charge is 2.55. The zero-order valence-electron chi connectivity index (χ0n) is 15.1. The van der Waals surface area contributed by atoms with E-state index in [-0.39, 0.29) is 5.03 Å². The van der Waals surface area contributed by atoms with E-state index in [4.69, 9.17) is 34.8 Å². The van der Waals surface area contributed by atoms with Crippen LogP contribution in [0.25, 0.3) is 0 Å². The fourth-order valence-corrected chi connectivity index (χ4v) is 4.12. The van der Waals surface area contributed by atoms with Gasteiger partial charge in [-0.15, -0.1) is 0 Å². The third kappa shape index (κ3) is 3.29. The Morgan fingerprint density at radius 2 is 1.44 bits per heavy atom. The highest BCUT2D eigenvalue weighted by molar-refractivity contribution is 6.58. The average Bonchev–Trinajstić information content (AvgIpc) is 2.63. The fraction of sp³-hybridized carbons (Fsp3) is 0.238. The molecule has 0 bridgehead atoms. The van der Waals surface area contributed by atoms with Crippen LogP contribution in [0.4, 0.5) is 5.69 Å². The van der Waals surface area contributed by atoms with Crippen LogP contribution in [0.1, 0.15) is 26.3 Å². The molecule has 1 aliphatic rings. The molecule has 0 unspecified atom stereocenters. The lowest BCUT2D eigenvalue weighted by atomic mass is 9.81. The molecule has 3 nitrogen and oxygen atoms in total. The molecular formula is C21H18Cl3NO2. The molecule has 0 saturated carbocycles. The summed E-state index contributed by atoms with van der Waals surface area (Å²) in [6.45, 7) is 5.66. The van der Waals surface area contributed by atoms with Gasteiger partial charge in [-0.1, -0.05) is 85.9 Å². The van der Waals surface area contributed by atoms with Crippen LogP contribution in [-0.4, -0.2) is 11.7 Å². The summed E-state index contributed by atoms with van der Waals surface area (Å²) in [4.78, 5) is 26.3. The Hall–Kier alpha value is -1.81. The maximum absolute atomic E-state index is 13.6. The SMILES string of the molecule is CC(C)(C)C1=C(Cl)C(=O)[C@](Cl)(c2ccccc2)C(=O)N1c1ccc(Cl)cc1. The molecule has 1 aliphatic heterocycles. The van der Waals surface area contributed by atoms with Crippen LogP contribution < -0.4 is 4.90 Å². The van der Waals surface area contributed by atoms with Crippen LogP contribution in [0.2, 0.25) is 5.02 Å². The Labute approximate surface area is 173 Å². The normalized spacial score (nSPS) is 21.0. The summed E-state index contributed by atoms with van der Waals surface area (Å²) in [6, 6.07) is 15.3. The van der Waals surface area contributed by atoms with Gasteiger partial charge >= 0.3 is 0 Å². The van der Waals surface area contributed by atoms with Gasteiger partial charge in [0, 0.05) is 16.1 Å². The highest BCUT2D eigenvalue weighted by atomic mass is 35.5. The van der Waals surface area contributed by atoms with Gasteiger partial charge in [-0.25, -0.2) is 0 Å². The van der Waals surface area contributed by atoms with Crippen LogP contribution in [0.5, 0.6) is 0 Å². The van der Waals surface area contributed by atoms with Crippen molar-refractivity contribution < 1.29 is 9.59 Å². The summed E-state index contributed by atoms with van der Waals surface area (Å²) >= 11 is 19.2. The van der Waals surface area contributed by atoms with Crippen molar-refractivity contribution in [2.24, 2.45) is 5.41 Å². The number of Topliss-reactive ketones (excluding diaryl/α,β-unsaturated/α-hetero) is 1. The van der Waals surface area contributed by atoms with Crippen molar-refractivity contribution in [2.75, 3.05) is 4.90 Å². The third-order valence-electron chi connectivity index (χ3n) is 4.41. The number of halogens is 3. The van der Waals surface area contributed by atoms with Gasteiger partial charge in [-0.05, 0) is 29.8 Å². The van der Waals surface area contributed by atoms with E-state index in [9.17, 15) is 9.59 Å². The van der Waals surface area contributed by atoms with Crippen molar-refractivity contribution in [3.05, 3.63) is 75.9 Å². The van der Waals surface area contributed by atoms with E-state index >= 15 is 0 Å². The number of anilines is 1. The van der Waals surface area contributed by atoms with E-state index in [0.717, 1.165) is 0 Å². The lowest BCUT2D eigenvalue weighted by Crippen LogP contribution is -2.54. The smallest absolute Gasteiger partial charge is 0.265 e. The molecule has 6 heteroatoms. The largest absolute Gasteiger partial charge is 0.290 e. The molecule has 2 aromatic carbocycles. The molecule has 0 aromatic heterocycles. The van der Waals surface area contributed by atoms with Crippen LogP contribution in [0.15, 0.2) is 65.3 Å². The van der Waals surface area contributed by atoms with E-state index in [1.165, 1.54) is 4.90 Å². The summed E-state index contributed by atoms with van der Waals surface area (Å²) in [5.74, 6) is -1.17. The molecule has 0 radical (unpaired) electrons. The number of benzene rings is 2. The van der Waals surface area contributed by atoms with Crippen LogP contribution in [-0.2, 0) is 14.5 Å². The fourth-order valence-electron chi connectivity index (χ4n) is 3.13. The highest BCUT2D eigenvalue weighted by Crippen LogP contribution is 2.47. The predicted octanol–water partition coefficient (Wildman–Crippen LogP) is 5.89. The minimum atomic E-state index is -1.92. The first-order valence-electron chi connectivity index (χ1n) is 8.38. The monoisotopic (exact) mass is 421 g/mol. The van der Waals surface area contributed by atoms with Crippen molar-refractivity contribution in [3.63, 3.8) is 0 Å². The minimum absolute atomic E-state index is 0.0455. The molecule has 0 N–H and O–H groups in total. The summed E-state index contributed by atoms with van der Waals surface area (Å²) in [5.41, 5.74) is 0.762. The molecule has 0 aliphatic carbocycles. The number of amides is 1. The average molecular weight is 423 g/mol. The van der Waals surface area contributed by atoms with Crippen molar-refractivity contribution in [1.29, 1.82) is 0 Å². The Morgan fingerprint density at radius 3 is 1.96 bits per heavy atom. The first kappa shape index (κ1) is 19.9. The van der Waals surface area contributed by atoms with Gasteiger partial charge in [0.05, 0.1) is 5.70 Å². The topological polar surface area (TPSA) is 37.4 Å². The number of rotatable bonds is 2. The number of ketones is 1. The molecule has 1 amide bonds. The molecule has 0 fully saturated rings. The first-order chi connectivity index (χ1) is 12.6. The lowest BCUT2D eigenvalue weighted by Gasteiger charge is -2.42. The molecule has 0 spiro atoms. The first-order valence-corrected chi connectivity index (χ1v) is 9.51. The maximum Gasteiger partial charge on any atom is 0.265 e. The quantitative estimate of drug-likeness (QED) is 0.447.